The number of nitrogens with two attached hydrogens (primary N) is 1. The number of methoxy groups -OCH3 is 2. The van der Waals surface area contributed by atoms with Crippen molar-refractivity contribution < 1.29 is 14.6 Å². The molecular formula is C12H28N2O3. The van der Waals surface area contributed by atoms with Gasteiger partial charge < -0.3 is 25.6 Å². The Labute approximate surface area is 105 Å². The van der Waals surface area contributed by atoms with Crippen LogP contribution < -0.4 is 11.1 Å². The highest BCUT2D eigenvalue weighted by molar-refractivity contribution is 4.88. The molecule has 0 amide bonds. The number of hydrogen-bond donors (Lipinski definition) is 3. The van der Waals surface area contributed by atoms with Crippen LogP contribution in [0.25, 0.3) is 0 Å². The standard InChI is InChI=1S/C12H28N2O3/c1-9(6-10(2)15)14-12(3,8-13)7-11(16-4)17-5/h9-11,14-15H,6-8,13H2,1-5H3. The predicted molar refractivity (Wildman–Crippen MR) is 68.8 cm³/mol. The van der Waals surface area contributed by atoms with Gasteiger partial charge in [0, 0.05) is 38.8 Å². The molecule has 4 N–H and O–H groups in total. The lowest BCUT2D eigenvalue weighted by Crippen LogP contribution is -2.54. The van der Waals surface area contributed by atoms with Crippen LogP contribution in [0, 0.1) is 0 Å². The average Bonchev–Trinajstić information content (AvgIpc) is 2.24. The van der Waals surface area contributed by atoms with E-state index in [1.807, 2.05) is 13.8 Å². The average molecular weight is 248 g/mol. The van der Waals surface area contributed by atoms with Gasteiger partial charge in [0.25, 0.3) is 0 Å². The maximum absolute atomic E-state index is 9.35. The third-order valence-corrected chi connectivity index (χ3v) is 2.88. The van der Waals surface area contributed by atoms with E-state index in [0.717, 1.165) is 0 Å². The third kappa shape index (κ3) is 6.95. The van der Waals surface area contributed by atoms with Crippen LogP contribution in [0.2, 0.25) is 0 Å². The summed E-state index contributed by atoms with van der Waals surface area (Å²) < 4.78 is 10.4. The first-order valence-corrected chi connectivity index (χ1v) is 6.08. The minimum Gasteiger partial charge on any atom is -0.393 e. The molecule has 0 aromatic carbocycles. The summed E-state index contributed by atoms with van der Waals surface area (Å²) in [6.45, 7) is 6.34. The molecule has 0 aliphatic heterocycles. The smallest absolute Gasteiger partial charge is 0.158 e. The van der Waals surface area contributed by atoms with Gasteiger partial charge >= 0.3 is 0 Å². The zero-order chi connectivity index (χ0) is 13.5. The van der Waals surface area contributed by atoms with Crippen molar-refractivity contribution in [1.29, 1.82) is 0 Å². The lowest BCUT2D eigenvalue weighted by molar-refractivity contribution is -0.118. The van der Waals surface area contributed by atoms with E-state index in [9.17, 15) is 5.11 Å². The second kappa shape index (κ2) is 8.00. The van der Waals surface area contributed by atoms with Gasteiger partial charge in [-0.05, 0) is 27.2 Å². The van der Waals surface area contributed by atoms with Gasteiger partial charge in [0.05, 0.1) is 6.10 Å². The van der Waals surface area contributed by atoms with E-state index < -0.39 is 0 Å². The zero-order valence-corrected chi connectivity index (χ0v) is 11.7. The van der Waals surface area contributed by atoms with Crippen molar-refractivity contribution in [2.75, 3.05) is 20.8 Å². The molecule has 0 aromatic heterocycles. The third-order valence-electron chi connectivity index (χ3n) is 2.88. The van der Waals surface area contributed by atoms with Gasteiger partial charge in [0.1, 0.15) is 0 Å². The van der Waals surface area contributed by atoms with Crippen molar-refractivity contribution in [2.45, 2.75) is 57.6 Å². The molecule has 0 spiro atoms. The van der Waals surface area contributed by atoms with Crippen LogP contribution >= 0.6 is 0 Å². The van der Waals surface area contributed by atoms with Gasteiger partial charge in [0.2, 0.25) is 0 Å². The Morgan fingerprint density at radius 2 is 1.82 bits per heavy atom. The maximum atomic E-state index is 9.35. The normalized spacial score (nSPS) is 19.1. The molecule has 0 rings (SSSR count). The highest BCUT2D eigenvalue weighted by Gasteiger charge is 2.28. The van der Waals surface area contributed by atoms with Gasteiger partial charge in [-0.3, -0.25) is 0 Å². The number of aliphatic hydroxyl groups is 1. The second-order valence-electron chi connectivity index (χ2n) is 5.00. The Morgan fingerprint density at radius 3 is 2.18 bits per heavy atom. The van der Waals surface area contributed by atoms with Crippen molar-refractivity contribution in [3.8, 4) is 0 Å². The fourth-order valence-corrected chi connectivity index (χ4v) is 2.00. The molecule has 0 saturated carbocycles. The van der Waals surface area contributed by atoms with Crippen molar-refractivity contribution >= 4 is 0 Å². The lowest BCUT2D eigenvalue weighted by Gasteiger charge is -2.35. The quantitative estimate of drug-likeness (QED) is 0.517. The number of nitrogens with one attached hydrogen (secondary N) is 1. The summed E-state index contributed by atoms with van der Waals surface area (Å²) in [4.78, 5) is 0. The Kier molecular flexibility index (Phi) is 7.91. The van der Waals surface area contributed by atoms with Crippen LogP contribution in [0.1, 0.15) is 33.6 Å². The van der Waals surface area contributed by atoms with Gasteiger partial charge in [-0.1, -0.05) is 0 Å². The molecule has 0 radical (unpaired) electrons. The number of hydrogen-bond acceptors (Lipinski definition) is 5. The van der Waals surface area contributed by atoms with E-state index >= 15 is 0 Å². The van der Waals surface area contributed by atoms with Gasteiger partial charge in [-0.15, -0.1) is 0 Å². The van der Waals surface area contributed by atoms with Crippen molar-refractivity contribution in [3.05, 3.63) is 0 Å². The monoisotopic (exact) mass is 248 g/mol. The first-order chi connectivity index (χ1) is 7.86. The summed E-state index contributed by atoms with van der Waals surface area (Å²) in [5, 5.41) is 12.8. The molecule has 0 aliphatic rings. The zero-order valence-electron chi connectivity index (χ0n) is 11.7. The topological polar surface area (TPSA) is 76.7 Å². The molecule has 3 unspecified atom stereocenters. The largest absolute Gasteiger partial charge is 0.393 e. The number of ether oxygens (including phenoxy) is 2. The van der Waals surface area contributed by atoms with Gasteiger partial charge in [0.15, 0.2) is 6.29 Å². The first-order valence-electron chi connectivity index (χ1n) is 6.08. The summed E-state index contributed by atoms with van der Waals surface area (Å²) in [5.41, 5.74) is 5.55. The number of aliphatic hydroxyl groups excluding tert-OH is 1. The van der Waals surface area contributed by atoms with E-state index in [1.165, 1.54) is 0 Å². The fourth-order valence-electron chi connectivity index (χ4n) is 2.00. The highest BCUT2D eigenvalue weighted by Crippen LogP contribution is 2.15. The summed E-state index contributed by atoms with van der Waals surface area (Å²) in [7, 11) is 3.23. The van der Waals surface area contributed by atoms with Crippen LogP contribution in [0.4, 0.5) is 0 Å². The molecule has 17 heavy (non-hydrogen) atoms. The molecule has 5 nitrogen and oxygen atoms in total. The second-order valence-corrected chi connectivity index (χ2v) is 5.00. The Morgan fingerprint density at radius 1 is 1.29 bits per heavy atom. The molecule has 0 aromatic rings. The van der Waals surface area contributed by atoms with Crippen LogP contribution in [0.3, 0.4) is 0 Å². The molecule has 3 atom stereocenters. The molecule has 104 valence electrons. The molecule has 5 heteroatoms. The van der Waals surface area contributed by atoms with Gasteiger partial charge in [-0.25, -0.2) is 0 Å². The van der Waals surface area contributed by atoms with Crippen molar-refractivity contribution in [3.63, 3.8) is 0 Å². The highest BCUT2D eigenvalue weighted by atomic mass is 16.7. The van der Waals surface area contributed by atoms with Gasteiger partial charge in [-0.2, -0.15) is 0 Å². The molecule has 0 heterocycles. The minimum atomic E-state index is -0.319. The summed E-state index contributed by atoms with van der Waals surface area (Å²) in [6, 6.07) is 0.193. The van der Waals surface area contributed by atoms with Crippen molar-refractivity contribution in [1.82, 2.24) is 5.32 Å². The maximum Gasteiger partial charge on any atom is 0.158 e. The fraction of sp³-hybridized carbons (Fsp3) is 1.00. The lowest BCUT2D eigenvalue weighted by atomic mass is 9.95. The summed E-state index contributed by atoms with van der Waals surface area (Å²) >= 11 is 0. The van der Waals surface area contributed by atoms with E-state index in [0.29, 0.717) is 19.4 Å². The van der Waals surface area contributed by atoms with Crippen LogP contribution in [0.5, 0.6) is 0 Å². The molecule has 0 bridgehead atoms. The van der Waals surface area contributed by atoms with Crippen LogP contribution in [-0.2, 0) is 9.47 Å². The predicted octanol–water partition coefficient (Wildman–Crippen LogP) is 0.462. The van der Waals surface area contributed by atoms with E-state index in [-0.39, 0.29) is 24.0 Å². The molecule has 0 aliphatic carbocycles. The molecular weight excluding hydrogens is 220 g/mol. The Hall–Kier alpha value is -0.200. The van der Waals surface area contributed by atoms with Crippen LogP contribution in [0.15, 0.2) is 0 Å². The Bertz CT molecular complexity index is 198. The van der Waals surface area contributed by atoms with Crippen molar-refractivity contribution in [2.24, 2.45) is 5.73 Å². The molecule has 0 saturated heterocycles. The number of rotatable bonds is 9. The summed E-state index contributed by atoms with van der Waals surface area (Å²) in [5.74, 6) is 0. The van der Waals surface area contributed by atoms with E-state index in [1.54, 1.807) is 21.1 Å². The SMILES string of the molecule is COC(CC(C)(CN)NC(C)CC(C)O)OC. The molecule has 0 fully saturated rings. The van der Waals surface area contributed by atoms with Crippen LogP contribution in [-0.4, -0.2) is 49.8 Å². The minimum absolute atomic E-state index is 0.193. The summed E-state index contributed by atoms with van der Waals surface area (Å²) in [6.07, 6.45) is 0.774. The van der Waals surface area contributed by atoms with E-state index in [2.05, 4.69) is 5.32 Å². The van der Waals surface area contributed by atoms with E-state index in [4.69, 9.17) is 15.2 Å². The Balaban J connectivity index is 4.34. The first kappa shape index (κ1) is 16.8.